The van der Waals surface area contributed by atoms with Crippen LogP contribution in [-0.2, 0) is 9.47 Å². The monoisotopic (exact) mass is 468 g/mol. The predicted octanol–water partition coefficient (Wildman–Crippen LogP) is 4.51. The molecule has 0 saturated heterocycles. The first kappa shape index (κ1) is 23.6. The van der Waals surface area contributed by atoms with E-state index in [2.05, 4.69) is 25.3 Å². The van der Waals surface area contributed by atoms with E-state index in [1.165, 1.54) is 12.1 Å². The minimum absolute atomic E-state index is 0.00840. The van der Waals surface area contributed by atoms with E-state index in [-0.39, 0.29) is 24.3 Å². The van der Waals surface area contributed by atoms with Crippen LogP contribution in [-0.4, -0.2) is 25.2 Å². The van der Waals surface area contributed by atoms with Crippen molar-refractivity contribution in [2.75, 3.05) is 24.7 Å². The molecule has 0 aliphatic heterocycles. The van der Waals surface area contributed by atoms with Gasteiger partial charge in [0.2, 0.25) is 0 Å². The summed E-state index contributed by atoms with van der Waals surface area (Å²) in [7, 11) is 0. The largest absolute Gasteiger partial charge is 0.461 e. The Bertz CT molecular complexity index is 1020. The van der Waals surface area contributed by atoms with Crippen LogP contribution < -0.4 is 11.5 Å². The highest BCUT2D eigenvalue weighted by atomic mass is 32.1. The Balaban J connectivity index is 1.64. The van der Waals surface area contributed by atoms with Gasteiger partial charge in [0.25, 0.3) is 0 Å². The average Bonchev–Trinajstić information content (AvgIpc) is 2.81. The van der Waals surface area contributed by atoms with Crippen LogP contribution in [0, 0.1) is 0 Å². The summed E-state index contributed by atoms with van der Waals surface area (Å²) in [5, 5.41) is -0.805. The summed E-state index contributed by atoms with van der Waals surface area (Å²) in [6.07, 6.45) is 0. The number of para-hydroxylation sites is 2. The molecular weight excluding hydrogens is 444 g/mol. The summed E-state index contributed by atoms with van der Waals surface area (Å²) in [6, 6.07) is 20.8. The molecule has 0 amide bonds. The first-order valence-electron chi connectivity index (χ1n) is 9.86. The summed E-state index contributed by atoms with van der Waals surface area (Å²) in [4.78, 5) is 25.3. The molecule has 32 heavy (non-hydrogen) atoms. The van der Waals surface area contributed by atoms with Gasteiger partial charge in [-0.2, -0.15) is 25.3 Å². The van der Waals surface area contributed by atoms with Crippen LogP contribution in [0.5, 0.6) is 0 Å². The van der Waals surface area contributed by atoms with Crippen molar-refractivity contribution >= 4 is 48.6 Å². The van der Waals surface area contributed by atoms with E-state index in [1.807, 2.05) is 36.4 Å². The summed E-state index contributed by atoms with van der Waals surface area (Å²) >= 11 is 8.95. The van der Waals surface area contributed by atoms with Crippen LogP contribution in [0.25, 0.3) is 0 Å². The molecule has 0 aromatic heterocycles. The van der Waals surface area contributed by atoms with Gasteiger partial charge in [0, 0.05) is 11.4 Å². The van der Waals surface area contributed by atoms with Crippen LogP contribution in [0.1, 0.15) is 42.3 Å². The molecule has 0 fully saturated rings. The van der Waals surface area contributed by atoms with Gasteiger partial charge in [-0.05, 0) is 35.4 Å². The van der Waals surface area contributed by atoms with Gasteiger partial charge >= 0.3 is 11.9 Å². The van der Waals surface area contributed by atoms with Gasteiger partial charge < -0.3 is 20.9 Å². The topological polar surface area (TPSA) is 105 Å². The van der Waals surface area contributed by atoms with Gasteiger partial charge in [0.05, 0.1) is 21.6 Å². The summed E-state index contributed by atoms with van der Waals surface area (Å²) in [6.45, 7) is -0.0168. The standard InChI is InChI=1S/C24H24N2O4S2/c25-19-11-5-3-9-17(19)21(31)13-29-23(27)15-7-1-2-8-16(15)24(28)30-14-22(32)18-10-4-6-12-20(18)26/h1-12,21-22,31-32H,13-14,25-26H2. The van der Waals surface area contributed by atoms with Crippen LogP contribution >= 0.6 is 25.3 Å². The van der Waals surface area contributed by atoms with Crippen molar-refractivity contribution in [3.05, 3.63) is 95.1 Å². The molecule has 0 spiro atoms. The molecule has 0 radical (unpaired) electrons. The number of esters is 2. The van der Waals surface area contributed by atoms with Crippen molar-refractivity contribution in [1.29, 1.82) is 0 Å². The molecule has 0 bridgehead atoms. The highest BCUT2D eigenvalue weighted by Gasteiger charge is 2.21. The highest BCUT2D eigenvalue weighted by Crippen LogP contribution is 2.27. The number of carbonyl (C=O) groups excluding carboxylic acids is 2. The predicted molar refractivity (Wildman–Crippen MR) is 132 cm³/mol. The zero-order valence-electron chi connectivity index (χ0n) is 17.2. The minimum Gasteiger partial charge on any atom is -0.461 e. The molecule has 6 nitrogen and oxygen atoms in total. The molecule has 8 heteroatoms. The quantitative estimate of drug-likeness (QED) is 0.220. The number of nitrogen functional groups attached to an aromatic ring is 2. The Morgan fingerprint density at radius 1 is 0.656 bits per heavy atom. The zero-order chi connectivity index (χ0) is 23.1. The first-order valence-corrected chi connectivity index (χ1v) is 10.9. The summed E-state index contributed by atoms with van der Waals surface area (Å²) in [5.74, 6) is -1.30. The van der Waals surface area contributed by atoms with Crippen LogP contribution in [0.2, 0.25) is 0 Å². The van der Waals surface area contributed by atoms with E-state index >= 15 is 0 Å². The number of anilines is 2. The van der Waals surface area contributed by atoms with E-state index < -0.39 is 22.4 Å². The smallest absolute Gasteiger partial charge is 0.339 e. The Kier molecular flexibility index (Phi) is 8.08. The normalized spacial score (nSPS) is 12.6. The van der Waals surface area contributed by atoms with Crippen molar-refractivity contribution in [2.24, 2.45) is 0 Å². The van der Waals surface area contributed by atoms with Crippen molar-refractivity contribution in [2.45, 2.75) is 10.5 Å². The summed E-state index contributed by atoms with van der Waals surface area (Å²) < 4.78 is 10.8. The SMILES string of the molecule is Nc1ccccc1C(S)COC(=O)c1ccccc1C(=O)OCC(S)c1ccccc1N. The first-order chi connectivity index (χ1) is 15.4. The summed E-state index contributed by atoms with van der Waals surface area (Å²) in [5.41, 5.74) is 14.8. The lowest BCUT2D eigenvalue weighted by Gasteiger charge is -2.16. The van der Waals surface area contributed by atoms with Gasteiger partial charge in [-0.15, -0.1) is 0 Å². The highest BCUT2D eigenvalue weighted by molar-refractivity contribution is 7.80. The fraction of sp³-hybridized carbons (Fsp3) is 0.167. The Morgan fingerprint density at radius 2 is 1.00 bits per heavy atom. The Morgan fingerprint density at radius 3 is 1.38 bits per heavy atom. The second-order valence-electron chi connectivity index (χ2n) is 7.03. The van der Waals surface area contributed by atoms with Crippen LogP contribution in [0.3, 0.4) is 0 Å². The molecule has 0 aliphatic carbocycles. The number of thiol groups is 2. The van der Waals surface area contributed by atoms with Gasteiger partial charge in [-0.25, -0.2) is 9.59 Å². The van der Waals surface area contributed by atoms with E-state index in [0.717, 1.165) is 11.1 Å². The number of hydrogen-bond donors (Lipinski definition) is 4. The molecular formula is C24H24N2O4S2. The molecule has 3 rings (SSSR count). The van der Waals surface area contributed by atoms with E-state index in [4.69, 9.17) is 20.9 Å². The van der Waals surface area contributed by atoms with Crippen LogP contribution in [0.15, 0.2) is 72.8 Å². The lowest BCUT2D eigenvalue weighted by Crippen LogP contribution is -2.17. The van der Waals surface area contributed by atoms with Gasteiger partial charge in [0.15, 0.2) is 0 Å². The molecule has 2 unspecified atom stereocenters. The number of hydrogen-bond acceptors (Lipinski definition) is 8. The number of rotatable bonds is 8. The van der Waals surface area contributed by atoms with Crippen molar-refractivity contribution < 1.29 is 19.1 Å². The fourth-order valence-electron chi connectivity index (χ4n) is 3.11. The zero-order valence-corrected chi connectivity index (χ0v) is 19.0. The molecule has 4 N–H and O–H groups in total. The lowest BCUT2D eigenvalue weighted by molar-refractivity contribution is 0.0459. The Hall–Kier alpha value is -3.10. The third-order valence-electron chi connectivity index (χ3n) is 4.82. The maximum atomic E-state index is 12.7. The molecule has 0 saturated carbocycles. The van der Waals surface area contributed by atoms with Crippen LogP contribution in [0.4, 0.5) is 11.4 Å². The van der Waals surface area contributed by atoms with E-state index in [1.54, 1.807) is 24.3 Å². The molecule has 166 valence electrons. The van der Waals surface area contributed by atoms with Gasteiger partial charge in [-0.3, -0.25) is 0 Å². The molecule has 3 aromatic carbocycles. The van der Waals surface area contributed by atoms with Gasteiger partial charge in [0.1, 0.15) is 13.2 Å². The number of ether oxygens (including phenoxy) is 2. The Labute approximate surface area is 197 Å². The lowest BCUT2D eigenvalue weighted by atomic mass is 10.1. The molecule has 2 atom stereocenters. The minimum atomic E-state index is -0.652. The molecule has 0 aliphatic rings. The van der Waals surface area contributed by atoms with Crippen molar-refractivity contribution in [3.63, 3.8) is 0 Å². The number of nitrogens with two attached hydrogens (primary N) is 2. The second-order valence-corrected chi connectivity index (χ2v) is 8.28. The van der Waals surface area contributed by atoms with E-state index in [9.17, 15) is 9.59 Å². The third kappa shape index (κ3) is 5.77. The average molecular weight is 469 g/mol. The third-order valence-corrected chi connectivity index (χ3v) is 5.68. The molecule has 0 heterocycles. The van der Waals surface area contributed by atoms with Gasteiger partial charge in [-0.1, -0.05) is 48.5 Å². The molecule has 3 aromatic rings. The maximum absolute atomic E-state index is 12.7. The second kappa shape index (κ2) is 11.0. The number of benzene rings is 3. The fourth-order valence-corrected chi connectivity index (χ4v) is 3.73. The number of carbonyl (C=O) groups is 2. The van der Waals surface area contributed by atoms with E-state index in [0.29, 0.717) is 11.4 Å². The van der Waals surface area contributed by atoms with Crippen molar-refractivity contribution in [3.8, 4) is 0 Å². The van der Waals surface area contributed by atoms with Crippen molar-refractivity contribution in [1.82, 2.24) is 0 Å². The maximum Gasteiger partial charge on any atom is 0.339 e.